The average molecular weight is 157 g/mol. The first-order chi connectivity index (χ1) is 5.79. The Labute approximate surface area is 73.0 Å². The smallest absolute Gasteiger partial charge is 0.0246 e. The number of hydrogen-bond acceptors (Lipinski definition) is 1. The summed E-state index contributed by atoms with van der Waals surface area (Å²) in [6.07, 6.45) is 5.31. The Morgan fingerprint density at radius 3 is 2.83 bits per heavy atom. The molecule has 2 rings (SSSR count). The highest BCUT2D eigenvalue weighted by atomic mass is 15.1. The van der Waals surface area contributed by atoms with Crippen LogP contribution < -0.4 is 0 Å². The summed E-state index contributed by atoms with van der Waals surface area (Å²) in [7, 11) is 2.12. The van der Waals surface area contributed by atoms with Crippen LogP contribution in [0, 0.1) is 12.3 Å². The van der Waals surface area contributed by atoms with Crippen LogP contribution in [0.5, 0.6) is 0 Å². The van der Waals surface area contributed by atoms with Crippen LogP contribution in [0.25, 0.3) is 0 Å². The highest BCUT2D eigenvalue weighted by molar-refractivity contribution is 5.41. The molecule has 0 bridgehead atoms. The third kappa shape index (κ3) is 1.11. The van der Waals surface area contributed by atoms with Crippen LogP contribution in [0.3, 0.4) is 0 Å². The Balaban J connectivity index is 2.44. The molecule has 0 saturated heterocycles. The van der Waals surface area contributed by atoms with Crippen molar-refractivity contribution in [3.8, 4) is 12.3 Å². The van der Waals surface area contributed by atoms with E-state index in [9.17, 15) is 0 Å². The average Bonchev–Trinajstić information content (AvgIpc) is 2.43. The number of benzene rings is 1. The van der Waals surface area contributed by atoms with Crippen LogP contribution in [0.2, 0.25) is 0 Å². The van der Waals surface area contributed by atoms with E-state index in [1.165, 1.54) is 11.1 Å². The van der Waals surface area contributed by atoms with E-state index >= 15 is 0 Å². The van der Waals surface area contributed by atoms with Crippen LogP contribution in [-0.4, -0.2) is 11.9 Å². The minimum Gasteiger partial charge on any atom is -0.298 e. The minimum atomic E-state index is 0.990. The van der Waals surface area contributed by atoms with Gasteiger partial charge in [0.05, 0.1) is 0 Å². The first kappa shape index (κ1) is 7.39. The van der Waals surface area contributed by atoms with Crippen LogP contribution in [-0.2, 0) is 13.1 Å². The first-order valence-electron chi connectivity index (χ1n) is 4.06. The molecule has 0 radical (unpaired) electrons. The van der Waals surface area contributed by atoms with Gasteiger partial charge in [0.2, 0.25) is 0 Å². The van der Waals surface area contributed by atoms with Crippen molar-refractivity contribution in [3.05, 3.63) is 34.9 Å². The lowest BCUT2D eigenvalue weighted by atomic mass is 10.1. The fraction of sp³-hybridized carbons (Fsp3) is 0.273. The molecule has 1 aliphatic heterocycles. The molecule has 0 amide bonds. The minimum absolute atomic E-state index is 0.990. The Kier molecular flexibility index (Phi) is 1.64. The summed E-state index contributed by atoms with van der Waals surface area (Å²) in [5, 5.41) is 0. The molecule has 0 N–H and O–H groups in total. The van der Waals surface area contributed by atoms with Gasteiger partial charge in [-0.1, -0.05) is 12.0 Å². The maximum atomic E-state index is 5.31. The van der Waals surface area contributed by atoms with Gasteiger partial charge in [0, 0.05) is 18.7 Å². The quantitative estimate of drug-likeness (QED) is 0.517. The van der Waals surface area contributed by atoms with Crippen molar-refractivity contribution in [2.24, 2.45) is 0 Å². The second-order valence-corrected chi connectivity index (χ2v) is 3.30. The van der Waals surface area contributed by atoms with Crippen LogP contribution in [0.1, 0.15) is 16.7 Å². The zero-order valence-electron chi connectivity index (χ0n) is 7.17. The van der Waals surface area contributed by atoms with Gasteiger partial charge in [0.15, 0.2) is 0 Å². The summed E-state index contributed by atoms with van der Waals surface area (Å²) in [6.45, 7) is 2.09. The monoisotopic (exact) mass is 157 g/mol. The lowest BCUT2D eigenvalue weighted by Crippen LogP contribution is -2.07. The summed E-state index contributed by atoms with van der Waals surface area (Å²) in [6, 6.07) is 6.25. The summed E-state index contributed by atoms with van der Waals surface area (Å²) >= 11 is 0. The molecular formula is C11H11N. The zero-order valence-corrected chi connectivity index (χ0v) is 7.17. The summed E-state index contributed by atoms with van der Waals surface area (Å²) in [5.41, 5.74) is 3.79. The van der Waals surface area contributed by atoms with Crippen molar-refractivity contribution in [2.75, 3.05) is 7.05 Å². The van der Waals surface area contributed by atoms with Crippen molar-refractivity contribution in [2.45, 2.75) is 13.1 Å². The standard InChI is InChI=1S/C11H11N/c1-3-9-4-5-10-7-12(2)8-11(10)6-9/h1,4-6H,7-8H2,2H3. The van der Waals surface area contributed by atoms with Gasteiger partial charge in [-0.2, -0.15) is 0 Å². The van der Waals surface area contributed by atoms with E-state index in [2.05, 4.69) is 30.0 Å². The Morgan fingerprint density at radius 1 is 1.33 bits per heavy atom. The zero-order chi connectivity index (χ0) is 8.55. The van der Waals surface area contributed by atoms with Gasteiger partial charge in [-0.05, 0) is 30.3 Å². The van der Waals surface area contributed by atoms with E-state index in [0.29, 0.717) is 0 Å². The van der Waals surface area contributed by atoms with Crippen LogP contribution >= 0.6 is 0 Å². The van der Waals surface area contributed by atoms with Gasteiger partial charge >= 0.3 is 0 Å². The molecule has 1 heterocycles. The third-order valence-corrected chi connectivity index (χ3v) is 2.25. The molecule has 1 aliphatic rings. The lowest BCUT2D eigenvalue weighted by Gasteiger charge is -2.02. The molecule has 0 saturated carbocycles. The fourth-order valence-electron chi connectivity index (χ4n) is 1.65. The topological polar surface area (TPSA) is 3.24 Å². The Hall–Kier alpha value is -1.26. The van der Waals surface area contributed by atoms with Crippen molar-refractivity contribution < 1.29 is 0 Å². The van der Waals surface area contributed by atoms with Gasteiger partial charge in [0.25, 0.3) is 0 Å². The van der Waals surface area contributed by atoms with Gasteiger partial charge in [-0.3, -0.25) is 4.90 Å². The summed E-state index contributed by atoms with van der Waals surface area (Å²) in [4.78, 5) is 2.28. The lowest BCUT2D eigenvalue weighted by molar-refractivity contribution is 0.353. The van der Waals surface area contributed by atoms with Crippen molar-refractivity contribution in [3.63, 3.8) is 0 Å². The first-order valence-corrected chi connectivity index (χ1v) is 4.06. The Morgan fingerprint density at radius 2 is 2.08 bits per heavy atom. The van der Waals surface area contributed by atoms with Gasteiger partial charge in [-0.15, -0.1) is 6.42 Å². The third-order valence-electron chi connectivity index (χ3n) is 2.25. The molecule has 12 heavy (non-hydrogen) atoms. The predicted octanol–water partition coefficient (Wildman–Crippen LogP) is 1.61. The fourth-order valence-corrected chi connectivity index (χ4v) is 1.65. The molecule has 1 heteroatoms. The number of hydrogen-bond donors (Lipinski definition) is 0. The highest BCUT2D eigenvalue weighted by Crippen LogP contribution is 2.21. The molecule has 0 fully saturated rings. The van der Waals surface area contributed by atoms with E-state index in [4.69, 9.17) is 6.42 Å². The molecule has 0 spiro atoms. The maximum Gasteiger partial charge on any atom is 0.0246 e. The molecule has 60 valence electrons. The molecule has 0 unspecified atom stereocenters. The van der Waals surface area contributed by atoms with E-state index < -0.39 is 0 Å². The van der Waals surface area contributed by atoms with Crippen LogP contribution in [0.4, 0.5) is 0 Å². The molecule has 1 aromatic carbocycles. The Bertz CT molecular complexity index is 347. The van der Waals surface area contributed by atoms with Gasteiger partial charge in [-0.25, -0.2) is 0 Å². The van der Waals surface area contributed by atoms with Crippen LogP contribution in [0.15, 0.2) is 18.2 Å². The van der Waals surface area contributed by atoms with Crippen molar-refractivity contribution in [1.29, 1.82) is 0 Å². The number of fused-ring (bicyclic) bond motifs is 1. The molecular weight excluding hydrogens is 146 g/mol. The van der Waals surface area contributed by atoms with Gasteiger partial charge < -0.3 is 0 Å². The summed E-state index contributed by atoms with van der Waals surface area (Å²) < 4.78 is 0. The van der Waals surface area contributed by atoms with E-state index in [1.54, 1.807) is 0 Å². The molecule has 1 nitrogen and oxygen atoms in total. The normalized spacial score (nSPS) is 15.7. The van der Waals surface area contributed by atoms with E-state index in [1.807, 2.05) is 6.07 Å². The second kappa shape index (κ2) is 2.66. The number of terminal acetylenes is 1. The SMILES string of the molecule is C#Cc1ccc2c(c1)CN(C)C2. The van der Waals surface area contributed by atoms with Crippen molar-refractivity contribution in [1.82, 2.24) is 4.90 Å². The van der Waals surface area contributed by atoms with Gasteiger partial charge in [0.1, 0.15) is 0 Å². The highest BCUT2D eigenvalue weighted by Gasteiger charge is 2.14. The van der Waals surface area contributed by atoms with E-state index in [-0.39, 0.29) is 0 Å². The second-order valence-electron chi connectivity index (χ2n) is 3.30. The largest absolute Gasteiger partial charge is 0.298 e. The molecule has 1 aromatic rings. The molecule has 0 aromatic heterocycles. The molecule has 0 atom stereocenters. The predicted molar refractivity (Wildman–Crippen MR) is 49.5 cm³/mol. The van der Waals surface area contributed by atoms with Crippen molar-refractivity contribution >= 4 is 0 Å². The summed E-state index contributed by atoms with van der Waals surface area (Å²) in [5.74, 6) is 2.65. The number of nitrogens with zero attached hydrogens (tertiary/aromatic N) is 1. The van der Waals surface area contributed by atoms with E-state index in [0.717, 1.165) is 18.7 Å². The maximum absolute atomic E-state index is 5.31. The number of rotatable bonds is 0. The molecule has 0 aliphatic carbocycles.